The quantitative estimate of drug-likeness (QED) is 0.835. The molecule has 5 heteroatoms. The zero-order valence-corrected chi connectivity index (χ0v) is 14.5. The van der Waals surface area contributed by atoms with Gasteiger partial charge in [0.15, 0.2) is 11.5 Å². The third kappa shape index (κ3) is 4.30. The second-order valence-electron chi connectivity index (χ2n) is 4.92. The fourth-order valence-electron chi connectivity index (χ4n) is 2.37. The SMILES string of the molecule is COc1cc(Br)c(CNCC2CCCCS2)cc1OC. The summed E-state index contributed by atoms with van der Waals surface area (Å²) in [7, 11) is 3.32. The topological polar surface area (TPSA) is 30.5 Å². The maximum absolute atomic E-state index is 5.35. The van der Waals surface area contributed by atoms with Crippen molar-refractivity contribution in [1.82, 2.24) is 5.32 Å². The van der Waals surface area contributed by atoms with Crippen LogP contribution >= 0.6 is 27.7 Å². The highest BCUT2D eigenvalue weighted by atomic mass is 79.9. The Bertz CT molecular complexity index is 436. The molecule has 1 aliphatic heterocycles. The number of methoxy groups -OCH3 is 2. The Morgan fingerprint density at radius 2 is 2.00 bits per heavy atom. The van der Waals surface area contributed by atoms with Gasteiger partial charge in [-0.3, -0.25) is 0 Å². The van der Waals surface area contributed by atoms with Crippen LogP contribution in [0.3, 0.4) is 0 Å². The Hall–Kier alpha value is -0.390. The van der Waals surface area contributed by atoms with Crippen LogP contribution in [0.25, 0.3) is 0 Å². The van der Waals surface area contributed by atoms with Crippen molar-refractivity contribution in [3.8, 4) is 11.5 Å². The largest absolute Gasteiger partial charge is 0.493 e. The van der Waals surface area contributed by atoms with Crippen molar-refractivity contribution in [2.45, 2.75) is 31.1 Å². The predicted molar refractivity (Wildman–Crippen MR) is 89.0 cm³/mol. The first-order valence-corrected chi connectivity index (χ1v) is 8.81. The highest BCUT2D eigenvalue weighted by molar-refractivity contribution is 9.10. The van der Waals surface area contributed by atoms with Gasteiger partial charge >= 0.3 is 0 Å². The van der Waals surface area contributed by atoms with E-state index in [1.807, 2.05) is 12.1 Å². The van der Waals surface area contributed by atoms with Crippen LogP contribution in [0.4, 0.5) is 0 Å². The van der Waals surface area contributed by atoms with E-state index in [-0.39, 0.29) is 0 Å². The number of rotatable bonds is 6. The van der Waals surface area contributed by atoms with Crippen LogP contribution in [0.1, 0.15) is 24.8 Å². The maximum atomic E-state index is 5.35. The van der Waals surface area contributed by atoms with Crippen molar-refractivity contribution >= 4 is 27.7 Å². The standard InChI is InChI=1S/C15H22BrNO2S/c1-18-14-7-11(13(16)8-15(14)19-2)9-17-10-12-5-3-4-6-20-12/h7-8,12,17H,3-6,9-10H2,1-2H3. The van der Waals surface area contributed by atoms with Crippen LogP contribution in [0.15, 0.2) is 16.6 Å². The summed E-state index contributed by atoms with van der Waals surface area (Å²) in [4.78, 5) is 0. The Kier molecular flexibility index (Phi) is 6.52. The van der Waals surface area contributed by atoms with Gasteiger partial charge in [-0.25, -0.2) is 0 Å². The van der Waals surface area contributed by atoms with Gasteiger partial charge in [-0.1, -0.05) is 22.4 Å². The minimum absolute atomic E-state index is 0.756. The minimum atomic E-state index is 0.756. The molecule has 1 heterocycles. The van der Waals surface area contributed by atoms with Crippen molar-refractivity contribution in [2.75, 3.05) is 26.5 Å². The van der Waals surface area contributed by atoms with Crippen LogP contribution in [-0.2, 0) is 6.54 Å². The molecular formula is C15H22BrNO2S. The summed E-state index contributed by atoms with van der Waals surface area (Å²) in [5.41, 5.74) is 1.20. The molecule has 1 unspecified atom stereocenters. The number of benzene rings is 1. The third-order valence-electron chi connectivity index (χ3n) is 3.51. The second-order valence-corrected chi connectivity index (χ2v) is 7.18. The molecular weight excluding hydrogens is 338 g/mol. The number of ether oxygens (including phenoxy) is 2. The molecule has 0 radical (unpaired) electrons. The lowest BCUT2D eigenvalue weighted by molar-refractivity contribution is 0.354. The van der Waals surface area contributed by atoms with Crippen molar-refractivity contribution in [3.63, 3.8) is 0 Å². The van der Waals surface area contributed by atoms with E-state index in [0.717, 1.165) is 34.3 Å². The molecule has 112 valence electrons. The van der Waals surface area contributed by atoms with Crippen molar-refractivity contribution in [2.24, 2.45) is 0 Å². The molecule has 0 spiro atoms. The van der Waals surface area contributed by atoms with E-state index in [9.17, 15) is 0 Å². The molecule has 0 aromatic heterocycles. The van der Waals surface area contributed by atoms with Gasteiger partial charge in [-0.15, -0.1) is 0 Å². The van der Waals surface area contributed by atoms with Gasteiger partial charge in [-0.2, -0.15) is 11.8 Å². The Balaban J connectivity index is 1.91. The molecule has 0 saturated carbocycles. The van der Waals surface area contributed by atoms with Gasteiger partial charge < -0.3 is 14.8 Å². The summed E-state index contributed by atoms with van der Waals surface area (Å²) in [5.74, 6) is 2.84. The Morgan fingerprint density at radius 1 is 1.25 bits per heavy atom. The molecule has 3 nitrogen and oxygen atoms in total. The lowest BCUT2D eigenvalue weighted by Gasteiger charge is -2.21. The van der Waals surface area contributed by atoms with Gasteiger partial charge in [0.1, 0.15) is 0 Å². The molecule has 1 aromatic rings. The van der Waals surface area contributed by atoms with Crippen LogP contribution in [0, 0.1) is 0 Å². The number of hydrogen-bond acceptors (Lipinski definition) is 4. The zero-order valence-electron chi connectivity index (χ0n) is 12.1. The summed E-state index contributed by atoms with van der Waals surface area (Å²) < 4.78 is 11.7. The van der Waals surface area contributed by atoms with E-state index < -0.39 is 0 Å². The maximum Gasteiger partial charge on any atom is 0.161 e. The number of nitrogens with one attached hydrogen (secondary N) is 1. The molecule has 0 amide bonds. The van der Waals surface area contributed by atoms with E-state index in [0.29, 0.717) is 0 Å². The van der Waals surface area contributed by atoms with E-state index in [2.05, 4.69) is 33.0 Å². The van der Waals surface area contributed by atoms with Crippen LogP contribution in [0.2, 0.25) is 0 Å². The molecule has 1 fully saturated rings. The monoisotopic (exact) mass is 359 g/mol. The Morgan fingerprint density at radius 3 is 2.65 bits per heavy atom. The van der Waals surface area contributed by atoms with E-state index in [1.165, 1.54) is 30.6 Å². The summed E-state index contributed by atoms with van der Waals surface area (Å²) in [6, 6.07) is 4.00. The molecule has 20 heavy (non-hydrogen) atoms. The van der Waals surface area contributed by atoms with Crippen LogP contribution in [0.5, 0.6) is 11.5 Å². The first kappa shape index (κ1) is 16.0. The molecule has 1 N–H and O–H groups in total. The molecule has 2 rings (SSSR count). The highest BCUT2D eigenvalue weighted by Crippen LogP contribution is 2.33. The van der Waals surface area contributed by atoms with E-state index in [4.69, 9.17) is 9.47 Å². The minimum Gasteiger partial charge on any atom is -0.493 e. The first-order chi connectivity index (χ1) is 9.74. The molecule has 0 aliphatic carbocycles. The number of hydrogen-bond donors (Lipinski definition) is 1. The zero-order chi connectivity index (χ0) is 14.4. The van der Waals surface area contributed by atoms with Gasteiger partial charge in [-0.05, 0) is 36.3 Å². The fourth-order valence-corrected chi connectivity index (χ4v) is 4.10. The smallest absolute Gasteiger partial charge is 0.161 e. The lowest BCUT2D eigenvalue weighted by Crippen LogP contribution is -2.26. The van der Waals surface area contributed by atoms with Gasteiger partial charge in [0.2, 0.25) is 0 Å². The van der Waals surface area contributed by atoms with E-state index in [1.54, 1.807) is 14.2 Å². The van der Waals surface area contributed by atoms with Gasteiger partial charge in [0.25, 0.3) is 0 Å². The van der Waals surface area contributed by atoms with Gasteiger partial charge in [0, 0.05) is 22.8 Å². The average Bonchev–Trinajstić information content (AvgIpc) is 2.49. The molecule has 1 aliphatic rings. The second kappa shape index (κ2) is 8.15. The normalized spacial score (nSPS) is 18.9. The average molecular weight is 360 g/mol. The molecule has 1 saturated heterocycles. The highest BCUT2D eigenvalue weighted by Gasteiger charge is 2.14. The lowest BCUT2D eigenvalue weighted by atomic mass is 10.1. The molecule has 0 bridgehead atoms. The fraction of sp³-hybridized carbons (Fsp3) is 0.600. The number of thioether (sulfide) groups is 1. The predicted octanol–water partition coefficient (Wildman–Crippen LogP) is 3.84. The first-order valence-electron chi connectivity index (χ1n) is 6.97. The molecule has 1 atom stereocenters. The molecule has 1 aromatic carbocycles. The van der Waals surface area contributed by atoms with Crippen LogP contribution < -0.4 is 14.8 Å². The summed E-state index contributed by atoms with van der Waals surface area (Å²) >= 11 is 5.69. The number of halogens is 1. The Labute approximate surface area is 133 Å². The summed E-state index contributed by atoms with van der Waals surface area (Å²) in [6.07, 6.45) is 4.09. The summed E-state index contributed by atoms with van der Waals surface area (Å²) in [5, 5.41) is 4.32. The van der Waals surface area contributed by atoms with Crippen molar-refractivity contribution in [3.05, 3.63) is 22.2 Å². The van der Waals surface area contributed by atoms with Crippen molar-refractivity contribution in [1.29, 1.82) is 0 Å². The van der Waals surface area contributed by atoms with Gasteiger partial charge in [0.05, 0.1) is 14.2 Å². The third-order valence-corrected chi connectivity index (χ3v) is 5.65. The van der Waals surface area contributed by atoms with Crippen molar-refractivity contribution < 1.29 is 9.47 Å². The van der Waals surface area contributed by atoms with E-state index >= 15 is 0 Å². The summed E-state index contributed by atoms with van der Waals surface area (Å²) in [6.45, 7) is 1.92. The van der Waals surface area contributed by atoms with Crippen LogP contribution in [-0.4, -0.2) is 31.8 Å².